The van der Waals surface area contributed by atoms with Crippen LogP contribution in [0.25, 0.3) is 0 Å². The van der Waals surface area contributed by atoms with Gasteiger partial charge in [0.15, 0.2) is 0 Å². The maximum Gasteiger partial charge on any atom is 0.258 e. The first-order valence-electron chi connectivity index (χ1n) is 7.47. The molecule has 0 N–H and O–H groups in total. The maximum absolute atomic E-state index is 13.0. The Morgan fingerprint density at radius 3 is 2.33 bits per heavy atom. The largest absolute Gasteiger partial charge is 0.272 e. The molecule has 2 rings (SSSR count). The van der Waals surface area contributed by atoms with Crippen LogP contribution in [0.15, 0.2) is 24.3 Å². The first-order chi connectivity index (χ1) is 10.1. The second-order valence-corrected chi connectivity index (χ2v) is 5.37. The number of halogens is 1. The molecule has 1 fully saturated rings. The molecule has 1 atom stereocenters. The van der Waals surface area contributed by atoms with Crippen molar-refractivity contribution >= 4 is 17.5 Å². The summed E-state index contributed by atoms with van der Waals surface area (Å²) >= 11 is 0. The lowest BCUT2D eigenvalue weighted by molar-refractivity contribution is -0.131. The van der Waals surface area contributed by atoms with Gasteiger partial charge in [0.05, 0.1) is 5.69 Å². The van der Waals surface area contributed by atoms with Gasteiger partial charge in [-0.15, -0.1) is 0 Å². The predicted octanol–water partition coefficient (Wildman–Crippen LogP) is 3.13. The van der Waals surface area contributed by atoms with Crippen LogP contribution in [0.1, 0.15) is 39.5 Å². The van der Waals surface area contributed by atoms with E-state index in [1.165, 1.54) is 34.3 Å². The van der Waals surface area contributed by atoms with E-state index in [9.17, 15) is 14.0 Å². The van der Waals surface area contributed by atoms with Crippen LogP contribution in [-0.2, 0) is 9.59 Å². The summed E-state index contributed by atoms with van der Waals surface area (Å²) in [5.74, 6) is -1.46. The van der Waals surface area contributed by atoms with E-state index in [1.54, 1.807) is 6.92 Å². The number of rotatable bonds is 6. The third-order valence-corrected chi connectivity index (χ3v) is 3.74. The molecule has 0 radical (unpaired) electrons. The first-order valence-corrected chi connectivity index (χ1v) is 7.47. The molecule has 0 aliphatic carbocycles. The smallest absolute Gasteiger partial charge is 0.258 e. The predicted molar refractivity (Wildman–Crippen MR) is 78.9 cm³/mol. The van der Waals surface area contributed by atoms with Gasteiger partial charge in [0.1, 0.15) is 11.7 Å². The van der Waals surface area contributed by atoms with Crippen LogP contribution in [-0.4, -0.2) is 23.4 Å². The van der Waals surface area contributed by atoms with Crippen molar-refractivity contribution in [2.75, 3.05) is 11.6 Å². The number of carbonyl (C=O) groups excluding carboxylic acids is 2. The van der Waals surface area contributed by atoms with E-state index in [0.717, 1.165) is 25.7 Å². The molecule has 1 saturated heterocycles. The van der Waals surface area contributed by atoms with Crippen molar-refractivity contribution < 1.29 is 14.0 Å². The number of carbonyl (C=O) groups is 2. The molecule has 0 aromatic heterocycles. The lowest BCUT2D eigenvalue weighted by Crippen LogP contribution is -2.41. The molecule has 21 heavy (non-hydrogen) atoms. The highest BCUT2D eigenvalue weighted by molar-refractivity contribution is 6.14. The van der Waals surface area contributed by atoms with E-state index >= 15 is 0 Å². The minimum Gasteiger partial charge on any atom is -0.272 e. The van der Waals surface area contributed by atoms with Gasteiger partial charge in [-0.2, -0.15) is 0 Å². The molecule has 2 amide bonds. The Hall–Kier alpha value is -1.91. The summed E-state index contributed by atoms with van der Waals surface area (Å²) < 4.78 is 13.0. The van der Waals surface area contributed by atoms with Gasteiger partial charge in [0, 0.05) is 6.54 Å². The summed E-state index contributed by atoms with van der Waals surface area (Å²) in [4.78, 5) is 24.5. The molecule has 4 nitrogen and oxygen atoms in total. The zero-order chi connectivity index (χ0) is 15.4. The Morgan fingerprint density at radius 1 is 1.05 bits per heavy atom. The van der Waals surface area contributed by atoms with E-state index in [-0.39, 0.29) is 17.6 Å². The molecule has 1 aliphatic heterocycles. The van der Waals surface area contributed by atoms with Crippen LogP contribution < -0.4 is 5.01 Å². The maximum atomic E-state index is 13.0. The van der Waals surface area contributed by atoms with Crippen LogP contribution >= 0.6 is 0 Å². The van der Waals surface area contributed by atoms with Crippen LogP contribution in [0.5, 0.6) is 0 Å². The minimum absolute atomic E-state index is 0.180. The number of hydrazine groups is 1. The highest BCUT2D eigenvalue weighted by Crippen LogP contribution is 2.27. The number of hydrogen-bond donors (Lipinski definition) is 0. The molecule has 0 bridgehead atoms. The fraction of sp³-hybridized carbons (Fsp3) is 0.500. The van der Waals surface area contributed by atoms with Gasteiger partial charge in [-0.3, -0.25) is 9.59 Å². The highest BCUT2D eigenvalue weighted by atomic mass is 19.1. The molecule has 1 unspecified atom stereocenters. The Bertz CT molecular complexity index is 516. The molecule has 114 valence electrons. The normalized spacial score (nSPS) is 18.7. The standard InChI is InChI=1S/C16H21FN2O2/c1-3-4-5-6-11-18-15(20)12(2)16(21)19(18)14-9-7-13(17)8-10-14/h7-10,12H,3-6,11H2,1-2H3. The fourth-order valence-electron chi connectivity index (χ4n) is 2.48. The zero-order valence-electron chi connectivity index (χ0n) is 12.5. The zero-order valence-corrected chi connectivity index (χ0v) is 12.5. The highest BCUT2D eigenvalue weighted by Gasteiger charge is 2.43. The summed E-state index contributed by atoms with van der Waals surface area (Å²) in [6, 6.07) is 5.64. The Labute approximate surface area is 124 Å². The van der Waals surface area contributed by atoms with Crippen molar-refractivity contribution in [3.63, 3.8) is 0 Å². The topological polar surface area (TPSA) is 40.6 Å². The van der Waals surface area contributed by atoms with Gasteiger partial charge in [-0.25, -0.2) is 14.4 Å². The van der Waals surface area contributed by atoms with Crippen LogP contribution in [0.4, 0.5) is 10.1 Å². The summed E-state index contributed by atoms with van der Waals surface area (Å²) in [5, 5.41) is 2.88. The van der Waals surface area contributed by atoms with Gasteiger partial charge in [-0.05, 0) is 37.6 Å². The van der Waals surface area contributed by atoms with Gasteiger partial charge in [0.25, 0.3) is 11.8 Å². The third kappa shape index (κ3) is 3.23. The van der Waals surface area contributed by atoms with Gasteiger partial charge in [0.2, 0.25) is 0 Å². The molecule has 1 aliphatic rings. The van der Waals surface area contributed by atoms with Gasteiger partial charge >= 0.3 is 0 Å². The number of benzene rings is 1. The second kappa shape index (κ2) is 6.70. The molecule has 0 saturated carbocycles. The Morgan fingerprint density at radius 2 is 1.71 bits per heavy atom. The summed E-state index contributed by atoms with van der Waals surface area (Å²) in [6.07, 6.45) is 4.12. The van der Waals surface area contributed by atoms with Crippen molar-refractivity contribution in [3.8, 4) is 0 Å². The Kier molecular flexibility index (Phi) is 4.94. The van der Waals surface area contributed by atoms with E-state index < -0.39 is 5.92 Å². The van der Waals surface area contributed by atoms with Crippen molar-refractivity contribution in [3.05, 3.63) is 30.1 Å². The third-order valence-electron chi connectivity index (χ3n) is 3.74. The Balaban J connectivity index is 2.16. The summed E-state index contributed by atoms with van der Waals surface area (Å²) in [5.41, 5.74) is 0.537. The average Bonchev–Trinajstić information content (AvgIpc) is 2.69. The molecule has 1 aromatic carbocycles. The molecular weight excluding hydrogens is 271 g/mol. The van der Waals surface area contributed by atoms with E-state index in [2.05, 4.69) is 6.92 Å². The van der Waals surface area contributed by atoms with Crippen molar-refractivity contribution in [2.24, 2.45) is 5.92 Å². The number of nitrogens with zero attached hydrogens (tertiary/aromatic N) is 2. The lowest BCUT2D eigenvalue weighted by atomic mass is 10.1. The monoisotopic (exact) mass is 292 g/mol. The number of anilines is 1. The molecule has 5 heteroatoms. The number of amides is 2. The quantitative estimate of drug-likeness (QED) is 0.597. The SMILES string of the molecule is CCCCCCN1C(=O)C(C)C(=O)N1c1ccc(F)cc1. The summed E-state index contributed by atoms with van der Waals surface area (Å²) in [6.45, 7) is 4.26. The van der Waals surface area contributed by atoms with Gasteiger partial charge in [-0.1, -0.05) is 26.2 Å². The first kappa shape index (κ1) is 15.5. The molecule has 1 aromatic rings. The minimum atomic E-state index is -0.666. The molecule has 1 heterocycles. The molecule has 0 spiro atoms. The van der Waals surface area contributed by atoms with Gasteiger partial charge < -0.3 is 0 Å². The average molecular weight is 292 g/mol. The lowest BCUT2D eigenvalue weighted by Gasteiger charge is -2.27. The van der Waals surface area contributed by atoms with Crippen LogP contribution in [0, 0.1) is 11.7 Å². The number of hydrogen-bond acceptors (Lipinski definition) is 2. The second-order valence-electron chi connectivity index (χ2n) is 5.37. The van der Waals surface area contributed by atoms with Crippen LogP contribution in [0.2, 0.25) is 0 Å². The van der Waals surface area contributed by atoms with E-state index in [4.69, 9.17) is 0 Å². The van der Waals surface area contributed by atoms with Crippen LogP contribution in [0.3, 0.4) is 0 Å². The van der Waals surface area contributed by atoms with E-state index in [0.29, 0.717) is 12.2 Å². The number of unbranched alkanes of at least 4 members (excludes halogenated alkanes) is 3. The summed E-state index contributed by atoms with van der Waals surface area (Å²) in [7, 11) is 0. The van der Waals surface area contributed by atoms with Crippen molar-refractivity contribution in [1.29, 1.82) is 0 Å². The van der Waals surface area contributed by atoms with E-state index in [1.807, 2.05) is 0 Å². The fourth-order valence-corrected chi connectivity index (χ4v) is 2.48. The van der Waals surface area contributed by atoms with Crippen molar-refractivity contribution in [1.82, 2.24) is 5.01 Å². The van der Waals surface area contributed by atoms with Crippen molar-refractivity contribution in [2.45, 2.75) is 39.5 Å². The molecular formula is C16H21FN2O2.